The van der Waals surface area contributed by atoms with E-state index in [1.54, 1.807) is 22.7 Å². The van der Waals surface area contributed by atoms with E-state index in [0.29, 0.717) is 17.4 Å². The maximum absolute atomic E-state index is 12.2. The number of aryl methyl sites for hydroxylation is 2. The van der Waals surface area contributed by atoms with Crippen molar-refractivity contribution in [1.29, 1.82) is 0 Å². The lowest BCUT2D eigenvalue weighted by atomic mass is 10.3. The summed E-state index contributed by atoms with van der Waals surface area (Å²) in [7, 11) is -0.913. The zero-order valence-electron chi connectivity index (χ0n) is 11.6. The molecule has 0 fully saturated rings. The van der Waals surface area contributed by atoms with Crippen LogP contribution < -0.4 is 0 Å². The minimum absolute atomic E-state index is 0.463. The first-order chi connectivity index (χ1) is 10.2. The maximum atomic E-state index is 12.2. The van der Waals surface area contributed by atoms with Gasteiger partial charge in [0.15, 0.2) is 0 Å². The monoisotopic (exact) mass is 337 g/mol. The van der Waals surface area contributed by atoms with E-state index in [9.17, 15) is 4.21 Å². The molecule has 3 aromatic heterocycles. The Morgan fingerprint density at radius 1 is 1.33 bits per heavy atom. The molecule has 3 aromatic rings. The van der Waals surface area contributed by atoms with Crippen molar-refractivity contribution in [1.82, 2.24) is 4.98 Å². The molecular formula is C15H15NO2S3. The van der Waals surface area contributed by atoms with Crippen LogP contribution in [0.4, 0.5) is 0 Å². The van der Waals surface area contributed by atoms with Gasteiger partial charge < -0.3 is 4.42 Å². The van der Waals surface area contributed by atoms with Gasteiger partial charge in [-0.25, -0.2) is 4.98 Å². The third-order valence-corrected chi connectivity index (χ3v) is 5.99. The average molecular weight is 337 g/mol. The summed E-state index contributed by atoms with van der Waals surface area (Å²) in [4.78, 5) is 5.76. The van der Waals surface area contributed by atoms with E-state index in [4.69, 9.17) is 4.42 Å². The van der Waals surface area contributed by atoms with Crippen LogP contribution in [0.15, 0.2) is 38.8 Å². The summed E-state index contributed by atoms with van der Waals surface area (Å²) in [6.07, 6.45) is 0.860. The van der Waals surface area contributed by atoms with Gasteiger partial charge in [0, 0.05) is 32.4 Å². The SMILES string of the molecule is Cc1oc(-c2ccsc2)nc1CS(=O)CCc1cccs1. The van der Waals surface area contributed by atoms with E-state index in [2.05, 4.69) is 11.1 Å². The summed E-state index contributed by atoms with van der Waals surface area (Å²) in [6.45, 7) is 1.88. The van der Waals surface area contributed by atoms with Crippen LogP contribution >= 0.6 is 22.7 Å². The topological polar surface area (TPSA) is 43.1 Å². The average Bonchev–Trinajstić information content (AvgIpc) is 3.18. The Kier molecular flexibility index (Phi) is 4.67. The number of nitrogens with zero attached hydrogens (tertiary/aromatic N) is 1. The Morgan fingerprint density at radius 3 is 2.95 bits per heavy atom. The van der Waals surface area contributed by atoms with Gasteiger partial charge in [-0.15, -0.1) is 11.3 Å². The van der Waals surface area contributed by atoms with E-state index in [1.165, 1.54) is 4.88 Å². The largest absolute Gasteiger partial charge is 0.441 e. The number of hydrogen-bond donors (Lipinski definition) is 0. The predicted molar refractivity (Wildman–Crippen MR) is 89.3 cm³/mol. The molecule has 3 heterocycles. The summed E-state index contributed by atoms with van der Waals surface area (Å²) in [5.74, 6) is 2.52. The fourth-order valence-electron chi connectivity index (χ4n) is 1.97. The molecule has 21 heavy (non-hydrogen) atoms. The fraction of sp³-hybridized carbons (Fsp3) is 0.267. The van der Waals surface area contributed by atoms with Crippen molar-refractivity contribution in [2.24, 2.45) is 0 Å². The first-order valence-corrected chi connectivity index (χ1v) is 9.89. The van der Waals surface area contributed by atoms with Crippen LogP contribution in [0.3, 0.4) is 0 Å². The number of rotatable bonds is 6. The highest BCUT2D eigenvalue weighted by Crippen LogP contribution is 2.24. The van der Waals surface area contributed by atoms with Crippen LogP contribution in [0.25, 0.3) is 11.5 Å². The molecule has 0 N–H and O–H groups in total. The van der Waals surface area contributed by atoms with E-state index >= 15 is 0 Å². The molecule has 0 bridgehead atoms. The molecule has 0 aliphatic heterocycles. The van der Waals surface area contributed by atoms with Gasteiger partial charge in [0.05, 0.1) is 11.4 Å². The molecule has 6 heteroatoms. The molecule has 0 spiro atoms. The first kappa shape index (κ1) is 14.7. The number of hydrogen-bond acceptors (Lipinski definition) is 5. The van der Waals surface area contributed by atoms with E-state index in [0.717, 1.165) is 23.4 Å². The van der Waals surface area contributed by atoms with E-state index < -0.39 is 10.8 Å². The Bertz CT molecular complexity index is 714. The van der Waals surface area contributed by atoms with Gasteiger partial charge in [0.1, 0.15) is 5.76 Å². The van der Waals surface area contributed by atoms with Crippen LogP contribution in [0.2, 0.25) is 0 Å². The molecule has 0 aliphatic rings. The third-order valence-electron chi connectivity index (χ3n) is 3.11. The highest BCUT2D eigenvalue weighted by Gasteiger charge is 2.14. The van der Waals surface area contributed by atoms with Gasteiger partial charge in [0.25, 0.3) is 0 Å². The quantitative estimate of drug-likeness (QED) is 0.675. The predicted octanol–water partition coefficient (Wildman–Crippen LogP) is 4.26. The lowest BCUT2D eigenvalue weighted by Crippen LogP contribution is -2.04. The second kappa shape index (κ2) is 6.68. The minimum Gasteiger partial charge on any atom is -0.441 e. The van der Waals surface area contributed by atoms with Crippen LogP contribution in [0, 0.1) is 6.92 Å². The lowest BCUT2D eigenvalue weighted by Gasteiger charge is -1.99. The summed E-state index contributed by atoms with van der Waals surface area (Å²) >= 11 is 3.32. The Morgan fingerprint density at radius 2 is 2.24 bits per heavy atom. The van der Waals surface area contributed by atoms with E-state index in [1.807, 2.05) is 35.2 Å². The van der Waals surface area contributed by atoms with Crippen molar-refractivity contribution in [3.05, 3.63) is 50.7 Å². The molecule has 0 aromatic carbocycles. The smallest absolute Gasteiger partial charge is 0.227 e. The summed E-state index contributed by atoms with van der Waals surface area (Å²) in [5.41, 5.74) is 1.79. The molecule has 1 atom stereocenters. The number of thiophene rings is 2. The minimum atomic E-state index is -0.913. The Hall–Kier alpha value is -1.24. The third kappa shape index (κ3) is 3.70. The van der Waals surface area contributed by atoms with Gasteiger partial charge in [-0.3, -0.25) is 4.21 Å². The molecule has 1 unspecified atom stereocenters. The van der Waals surface area contributed by atoms with Crippen molar-refractivity contribution >= 4 is 33.5 Å². The molecular weight excluding hydrogens is 322 g/mol. The zero-order valence-corrected chi connectivity index (χ0v) is 14.0. The fourth-order valence-corrected chi connectivity index (χ4v) is 4.60. The molecule has 110 valence electrons. The number of aromatic nitrogens is 1. The summed E-state index contributed by atoms with van der Waals surface area (Å²) in [6, 6.07) is 6.09. The van der Waals surface area contributed by atoms with Gasteiger partial charge in [-0.05, 0) is 36.2 Å². The zero-order chi connectivity index (χ0) is 14.7. The van der Waals surface area contributed by atoms with Crippen molar-refractivity contribution in [3.63, 3.8) is 0 Å². The molecule has 0 aliphatic carbocycles. The molecule has 3 rings (SSSR count). The van der Waals surface area contributed by atoms with Crippen LogP contribution in [0.5, 0.6) is 0 Å². The first-order valence-electron chi connectivity index (χ1n) is 6.58. The standard InChI is InChI=1S/C15H15NO2S3/c1-11-14(16-15(18-11)12-4-7-19-9-12)10-21(17)8-5-13-3-2-6-20-13/h2-4,6-7,9H,5,8,10H2,1H3. The second-order valence-corrected chi connectivity index (χ2v) is 8.04. The van der Waals surface area contributed by atoms with Crippen LogP contribution in [-0.2, 0) is 23.0 Å². The highest BCUT2D eigenvalue weighted by molar-refractivity contribution is 7.84. The van der Waals surface area contributed by atoms with Crippen molar-refractivity contribution < 1.29 is 8.63 Å². The molecule has 3 nitrogen and oxygen atoms in total. The van der Waals surface area contributed by atoms with E-state index in [-0.39, 0.29) is 0 Å². The van der Waals surface area contributed by atoms with Crippen LogP contribution in [-0.4, -0.2) is 14.9 Å². The highest BCUT2D eigenvalue weighted by atomic mass is 32.2. The molecule has 0 amide bonds. The van der Waals surface area contributed by atoms with Crippen molar-refractivity contribution in [2.75, 3.05) is 5.75 Å². The Balaban J connectivity index is 1.63. The Labute approximate surface area is 134 Å². The van der Waals surface area contributed by atoms with Crippen molar-refractivity contribution in [2.45, 2.75) is 19.1 Å². The summed E-state index contributed by atoms with van der Waals surface area (Å²) in [5, 5.41) is 6.05. The normalized spacial score (nSPS) is 12.6. The van der Waals surface area contributed by atoms with Gasteiger partial charge in [-0.2, -0.15) is 11.3 Å². The molecule has 0 radical (unpaired) electrons. The van der Waals surface area contributed by atoms with Gasteiger partial charge in [-0.1, -0.05) is 6.07 Å². The number of oxazole rings is 1. The lowest BCUT2D eigenvalue weighted by molar-refractivity contribution is 0.540. The maximum Gasteiger partial charge on any atom is 0.227 e. The van der Waals surface area contributed by atoms with Crippen LogP contribution in [0.1, 0.15) is 16.3 Å². The second-order valence-electron chi connectivity index (χ2n) is 4.65. The van der Waals surface area contributed by atoms with Gasteiger partial charge in [0.2, 0.25) is 5.89 Å². The molecule has 0 saturated carbocycles. The van der Waals surface area contributed by atoms with Gasteiger partial charge >= 0.3 is 0 Å². The molecule has 0 saturated heterocycles. The summed E-state index contributed by atoms with van der Waals surface area (Å²) < 4.78 is 17.9. The van der Waals surface area contributed by atoms with Crippen molar-refractivity contribution in [3.8, 4) is 11.5 Å².